The molecule has 0 aromatic heterocycles. The van der Waals surface area contributed by atoms with E-state index in [-0.39, 0.29) is 18.7 Å². The Labute approximate surface area is 101 Å². The summed E-state index contributed by atoms with van der Waals surface area (Å²) in [6.07, 6.45) is 1.97. The zero-order valence-corrected chi connectivity index (χ0v) is 10.6. The summed E-state index contributed by atoms with van der Waals surface area (Å²) in [5.74, 6) is 0. The first-order valence-electron chi connectivity index (χ1n) is 5.65. The Balaban J connectivity index is 2.41. The molecule has 0 bridgehead atoms. The van der Waals surface area contributed by atoms with Crippen LogP contribution in [0.2, 0.25) is 0 Å². The highest BCUT2D eigenvalue weighted by molar-refractivity contribution is 7.88. The average molecular weight is 265 g/mol. The van der Waals surface area contributed by atoms with Crippen LogP contribution in [0, 0.1) is 0 Å². The summed E-state index contributed by atoms with van der Waals surface area (Å²) in [6, 6.07) is -0.0181. The molecule has 7 nitrogen and oxygen atoms in total. The topological polar surface area (TPSA) is 111 Å². The SMILES string of the molecule is CCOC(=O)NS(=O)(=O)NC1CCC(N)CC1. The fourth-order valence-corrected chi connectivity index (χ4v) is 2.77. The number of carbonyl (C=O) groups is 1. The Morgan fingerprint density at radius 3 is 2.47 bits per heavy atom. The van der Waals surface area contributed by atoms with E-state index in [4.69, 9.17) is 5.73 Å². The number of nitrogens with two attached hydrogens (primary N) is 1. The third-order valence-electron chi connectivity index (χ3n) is 2.59. The quantitative estimate of drug-likeness (QED) is 0.654. The molecule has 1 saturated carbocycles. The van der Waals surface area contributed by atoms with Gasteiger partial charge in [-0.2, -0.15) is 13.1 Å². The van der Waals surface area contributed by atoms with E-state index < -0.39 is 16.3 Å². The number of hydrogen-bond acceptors (Lipinski definition) is 5. The van der Waals surface area contributed by atoms with E-state index >= 15 is 0 Å². The molecule has 0 spiro atoms. The highest BCUT2D eigenvalue weighted by atomic mass is 32.2. The molecule has 0 heterocycles. The van der Waals surface area contributed by atoms with E-state index in [2.05, 4.69) is 9.46 Å². The lowest BCUT2D eigenvalue weighted by Gasteiger charge is -2.26. The largest absolute Gasteiger partial charge is 0.449 e. The molecule has 0 aliphatic heterocycles. The molecule has 1 fully saturated rings. The molecule has 4 N–H and O–H groups in total. The molecular weight excluding hydrogens is 246 g/mol. The van der Waals surface area contributed by atoms with E-state index in [1.807, 2.05) is 0 Å². The Kier molecular flexibility index (Phi) is 5.16. The van der Waals surface area contributed by atoms with Crippen LogP contribution in [0.4, 0.5) is 4.79 Å². The van der Waals surface area contributed by atoms with Gasteiger partial charge < -0.3 is 10.5 Å². The second kappa shape index (κ2) is 6.18. The van der Waals surface area contributed by atoms with Gasteiger partial charge in [0.1, 0.15) is 0 Å². The van der Waals surface area contributed by atoms with Crippen molar-refractivity contribution in [2.24, 2.45) is 5.73 Å². The second-order valence-corrected chi connectivity index (χ2v) is 5.50. The van der Waals surface area contributed by atoms with Gasteiger partial charge in [0, 0.05) is 12.1 Å². The van der Waals surface area contributed by atoms with Gasteiger partial charge in [0.25, 0.3) is 0 Å². The molecule has 8 heteroatoms. The Hall–Kier alpha value is -0.860. The van der Waals surface area contributed by atoms with Crippen molar-refractivity contribution >= 4 is 16.3 Å². The van der Waals surface area contributed by atoms with E-state index in [0.717, 1.165) is 12.8 Å². The van der Waals surface area contributed by atoms with Crippen LogP contribution in [-0.4, -0.2) is 33.2 Å². The zero-order chi connectivity index (χ0) is 12.9. The molecule has 1 aliphatic rings. The first kappa shape index (κ1) is 14.2. The van der Waals surface area contributed by atoms with Crippen molar-refractivity contribution in [2.75, 3.05) is 6.61 Å². The molecule has 17 heavy (non-hydrogen) atoms. The molecule has 0 aromatic rings. The second-order valence-electron chi connectivity index (χ2n) is 4.06. The van der Waals surface area contributed by atoms with Gasteiger partial charge in [0.2, 0.25) is 0 Å². The minimum absolute atomic E-state index is 0.125. The maximum Gasteiger partial charge on any atom is 0.421 e. The van der Waals surface area contributed by atoms with Crippen LogP contribution < -0.4 is 15.2 Å². The number of hydrogen-bond donors (Lipinski definition) is 3. The minimum Gasteiger partial charge on any atom is -0.449 e. The summed E-state index contributed by atoms with van der Waals surface area (Å²) < 4.78 is 31.7. The lowest BCUT2D eigenvalue weighted by molar-refractivity contribution is 0.158. The lowest BCUT2D eigenvalue weighted by atomic mass is 9.93. The first-order valence-corrected chi connectivity index (χ1v) is 7.13. The van der Waals surface area contributed by atoms with Crippen LogP contribution >= 0.6 is 0 Å². The number of ether oxygens (including phenoxy) is 1. The van der Waals surface area contributed by atoms with Crippen LogP contribution in [0.3, 0.4) is 0 Å². The monoisotopic (exact) mass is 265 g/mol. The minimum atomic E-state index is -3.84. The van der Waals surface area contributed by atoms with E-state index in [1.165, 1.54) is 0 Å². The number of amides is 1. The molecule has 1 aliphatic carbocycles. The maximum atomic E-state index is 11.5. The lowest BCUT2D eigenvalue weighted by Crippen LogP contribution is -2.47. The standard InChI is InChI=1S/C9H19N3O4S/c1-2-16-9(13)12-17(14,15)11-8-5-3-7(10)4-6-8/h7-8,11H,2-6,10H2,1H3,(H,12,13). The first-order chi connectivity index (χ1) is 7.93. The number of rotatable bonds is 4. The van der Waals surface area contributed by atoms with Crippen molar-refractivity contribution in [3.05, 3.63) is 0 Å². The molecule has 100 valence electrons. The zero-order valence-electron chi connectivity index (χ0n) is 9.81. The molecule has 0 aromatic carbocycles. The Morgan fingerprint density at radius 2 is 1.94 bits per heavy atom. The van der Waals surface area contributed by atoms with Crippen molar-refractivity contribution in [3.63, 3.8) is 0 Å². The van der Waals surface area contributed by atoms with Gasteiger partial charge in [0.05, 0.1) is 6.61 Å². The molecular formula is C9H19N3O4S. The molecule has 0 saturated heterocycles. The Bertz CT molecular complexity index is 349. The van der Waals surface area contributed by atoms with Crippen LogP contribution in [-0.2, 0) is 14.9 Å². The summed E-state index contributed by atoms with van der Waals surface area (Å²) >= 11 is 0. The van der Waals surface area contributed by atoms with E-state index in [0.29, 0.717) is 12.8 Å². The van der Waals surface area contributed by atoms with Gasteiger partial charge in [-0.15, -0.1) is 0 Å². The third kappa shape index (κ3) is 5.33. The summed E-state index contributed by atoms with van der Waals surface area (Å²) in [6.45, 7) is 1.72. The number of carbonyl (C=O) groups excluding carboxylic acids is 1. The normalized spacial score (nSPS) is 25.3. The highest BCUT2D eigenvalue weighted by Crippen LogP contribution is 2.17. The van der Waals surface area contributed by atoms with E-state index in [9.17, 15) is 13.2 Å². The van der Waals surface area contributed by atoms with Crippen molar-refractivity contribution < 1.29 is 17.9 Å². The predicted molar refractivity (Wildman–Crippen MR) is 62.4 cm³/mol. The van der Waals surface area contributed by atoms with Gasteiger partial charge in [-0.3, -0.25) is 0 Å². The molecule has 0 atom stereocenters. The van der Waals surface area contributed by atoms with Crippen LogP contribution in [0.25, 0.3) is 0 Å². The maximum absolute atomic E-state index is 11.5. The molecule has 0 radical (unpaired) electrons. The van der Waals surface area contributed by atoms with Crippen molar-refractivity contribution in [2.45, 2.75) is 44.7 Å². The van der Waals surface area contributed by atoms with Gasteiger partial charge in [-0.25, -0.2) is 9.52 Å². The molecule has 1 amide bonds. The van der Waals surface area contributed by atoms with Crippen LogP contribution in [0.1, 0.15) is 32.6 Å². The van der Waals surface area contributed by atoms with Crippen molar-refractivity contribution in [3.8, 4) is 0 Å². The average Bonchev–Trinajstić information content (AvgIpc) is 2.20. The number of nitrogens with one attached hydrogen (secondary N) is 2. The summed E-state index contributed by atoms with van der Waals surface area (Å²) in [5.41, 5.74) is 5.71. The fraction of sp³-hybridized carbons (Fsp3) is 0.889. The smallest absolute Gasteiger partial charge is 0.421 e. The van der Waals surface area contributed by atoms with Gasteiger partial charge in [-0.1, -0.05) is 0 Å². The third-order valence-corrected chi connectivity index (χ3v) is 3.67. The van der Waals surface area contributed by atoms with Crippen LogP contribution in [0.15, 0.2) is 0 Å². The molecule has 1 rings (SSSR count). The summed E-state index contributed by atoms with van der Waals surface area (Å²) in [5, 5.41) is 0. The van der Waals surface area contributed by atoms with Gasteiger partial charge >= 0.3 is 16.3 Å². The van der Waals surface area contributed by atoms with Crippen molar-refractivity contribution in [1.82, 2.24) is 9.44 Å². The Morgan fingerprint density at radius 1 is 1.35 bits per heavy atom. The van der Waals surface area contributed by atoms with Crippen molar-refractivity contribution in [1.29, 1.82) is 0 Å². The van der Waals surface area contributed by atoms with Gasteiger partial charge in [-0.05, 0) is 32.6 Å². The predicted octanol–water partition coefficient (Wildman–Crippen LogP) is -0.163. The van der Waals surface area contributed by atoms with Gasteiger partial charge in [0.15, 0.2) is 0 Å². The summed E-state index contributed by atoms with van der Waals surface area (Å²) in [4.78, 5) is 11.0. The fourth-order valence-electron chi connectivity index (χ4n) is 1.76. The highest BCUT2D eigenvalue weighted by Gasteiger charge is 2.24. The van der Waals surface area contributed by atoms with Crippen LogP contribution in [0.5, 0.6) is 0 Å². The molecule has 0 unspecified atom stereocenters. The summed E-state index contributed by atoms with van der Waals surface area (Å²) in [7, 11) is -3.84. The van der Waals surface area contributed by atoms with E-state index in [1.54, 1.807) is 11.6 Å².